The zero-order valence-corrected chi connectivity index (χ0v) is 15.0. The number of hydrogen-bond donors (Lipinski definition) is 1. The van der Waals surface area contributed by atoms with E-state index in [1.54, 1.807) is 0 Å². The Morgan fingerprint density at radius 3 is 2.75 bits per heavy atom. The topological polar surface area (TPSA) is 116 Å². The number of nitrogens with zero attached hydrogens (tertiary/aromatic N) is 2. The molecule has 8 nitrogen and oxygen atoms in total. The summed E-state index contributed by atoms with van der Waals surface area (Å²) in [5.41, 5.74) is 5.20. The Morgan fingerprint density at radius 1 is 1.46 bits per heavy atom. The van der Waals surface area contributed by atoms with E-state index in [2.05, 4.69) is 0 Å². The number of sulfonamides is 1. The van der Waals surface area contributed by atoms with Crippen molar-refractivity contribution in [2.24, 2.45) is 11.7 Å². The molecule has 1 fully saturated rings. The predicted octanol–water partition coefficient (Wildman–Crippen LogP) is 1.77. The average Bonchev–Trinajstić information content (AvgIpc) is 2.54. The number of hydrogen-bond acceptors (Lipinski definition) is 6. The maximum absolute atomic E-state index is 12.7. The van der Waals surface area contributed by atoms with Crippen molar-refractivity contribution in [2.75, 3.05) is 26.7 Å². The third-order valence-corrected chi connectivity index (χ3v) is 5.90. The standard InChI is InChI=1S/C14H21N3O5S.ClH/c1-22-14-5-4-12(9-13(14)17(18)19)23(20,21)16-8-2-3-11(10-16)6-7-15;/h4-5,9,11H,2-3,6-8,10,15H2,1H3;1H. The van der Waals surface area contributed by atoms with Gasteiger partial charge in [-0.05, 0) is 43.9 Å². The fraction of sp³-hybridized carbons (Fsp3) is 0.571. The van der Waals surface area contributed by atoms with E-state index in [-0.39, 0.29) is 34.7 Å². The highest BCUT2D eigenvalue weighted by atomic mass is 35.5. The van der Waals surface area contributed by atoms with E-state index in [9.17, 15) is 18.5 Å². The molecule has 1 unspecified atom stereocenters. The van der Waals surface area contributed by atoms with Gasteiger partial charge < -0.3 is 10.5 Å². The van der Waals surface area contributed by atoms with Crippen molar-refractivity contribution >= 4 is 28.1 Å². The fourth-order valence-electron chi connectivity index (χ4n) is 2.84. The molecule has 0 bridgehead atoms. The van der Waals surface area contributed by atoms with Crippen LogP contribution < -0.4 is 10.5 Å². The van der Waals surface area contributed by atoms with Gasteiger partial charge in [0.15, 0.2) is 5.75 Å². The zero-order valence-electron chi connectivity index (χ0n) is 13.4. The molecule has 2 N–H and O–H groups in total. The number of nitrogens with two attached hydrogens (primary N) is 1. The number of ether oxygens (including phenoxy) is 1. The van der Waals surface area contributed by atoms with Gasteiger partial charge in [-0.3, -0.25) is 10.1 Å². The molecule has 0 radical (unpaired) electrons. The minimum Gasteiger partial charge on any atom is -0.490 e. The first-order chi connectivity index (χ1) is 10.9. The van der Waals surface area contributed by atoms with Crippen molar-refractivity contribution in [1.82, 2.24) is 4.31 Å². The number of nitro benzene ring substituents is 1. The molecule has 1 saturated heterocycles. The van der Waals surface area contributed by atoms with Crippen LogP contribution in [-0.4, -0.2) is 44.4 Å². The second kappa shape index (κ2) is 8.61. The van der Waals surface area contributed by atoms with Gasteiger partial charge in [-0.15, -0.1) is 12.4 Å². The van der Waals surface area contributed by atoms with Crippen LogP contribution in [0.1, 0.15) is 19.3 Å². The lowest BCUT2D eigenvalue weighted by Crippen LogP contribution is -2.40. The van der Waals surface area contributed by atoms with E-state index in [0.717, 1.165) is 25.3 Å². The molecule has 1 aromatic carbocycles. The summed E-state index contributed by atoms with van der Waals surface area (Å²) < 4.78 is 31.8. The van der Waals surface area contributed by atoms with E-state index in [1.807, 2.05) is 0 Å². The maximum Gasteiger partial charge on any atom is 0.312 e. The molecule has 1 heterocycles. The maximum atomic E-state index is 12.7. The van der Waals surface area contributed by atoms with Crippen LogP contribution in [-0.2, 0) is 10.0 Å². The first-order valence-corrected chi connectivity index (χ1v) is 8.86. The first kappa shape index (κ1) is 20.6. The molecule has 0 aliphatic carbocycles. The molecular weight excluding hydrogens is 358 g/mol. The Morgan fingerprint density at radius 2 is 2.17 bits per heavy atom. The number of rotatable bonds is 6. The summed E-state index contributed by atoms with van der Waals surface area (Å²) in [6.45, 7) is 1.34. The molecule has 0 aromatic heterocycles. The minimum atomic E-state index is -3.76. The third kappa shape index (κ3) is 4.35. The lowest BCUT2D eigenvalue weighted by molar-refractivity contribution is -0.386. The molecule has 1 aromatic rings. The highest BCUT2D eigenvalue weighted by Crippen LogP contribution is 2.32. The van der Waals surface area contributed by atoms with E-state index in [1.165, 1.54) is 23.5 Å². The van der Waals surface area contributed by atoms with E-state index < -0.39 is 14.9 Å². The van der Waals surface area contributed by atoms with Crippen LogP contribution in [0, 0.1) is 16.0 Å². The van der Waals surface area contributed by atoms with Crippen LogP contribution in [0.3, 0.4) is 0 Å². The van der Waals surface area contributed by atoms with Gasteiger partial charge in [-0.1, -0.05) is 0 Å². The molecule has 136 valence electrons. The molecular formula is C14H22ClN3O5S. The van der Waals surface area contributed by atoms with Crippen LogP contribution >= 0.6 is 12.4 Å². The summed E-state index contributed by atoms with van der Waals surface area (Å²) in [4.78, 5) is 10.3. The van der Waals surface area contributed by atoms with Gasteiger partial charge in [0.05, 0.1) is 16.9 Å². The highest BCUT2D eigenvalue weighted by molar-refractivity contribution is 7.89. The van der Waals surface area contributed by atoms with Crippen molar-refractivity contribution in [3.8, 4) is 5.75 Å². The number of piperidine rings is 1. The number of methoxy groups -OCH3 is 1. The van der Waals surface area contributed by atoms with Gasteiger partial charge >= 0.3 is 5.69 Å². The lowest BCUT2D eigenvalue weighted by atomic mass is 9.96. The summed E-state index contributed by atoms with van der Waals surface area (Å²) >= 11 is 0. The van der Waals surface area contributed by atoms with Crippen LogP contribution in [0.5, 0.6) is 5.75 Å². The molecule has 1 aliphatic heterocycles. The van der Waals surface area contributed by atoms with Crippen LogP contribution in [0.2, 0.25) is 0 Å². The molecule has 10 heteroatoms. The zero-order chi connectivity index (χ0) is 17.0. The van der Waals surface area contributed by atoms with Crippen molar-refractivity contribution in [3.63, 3.8) is 0 Å². The molecule has 0 amide bonds. The molecule has 0 spiro atoms. The molecule has 1 atom stereocenters. The second-order valence-corrected chi connectivity index (χ2v) is 7.48. The van der Waals surface area contributed by atoms with Gasteiger partial charge in [-0.2, -0.15) is 4.31 Å². The molecule has 1 aliphatic rings. The van der Waals surface area contributed by atoms with Gasteiger partial charge in [0.2, 0.25) is 10.0 Å². The quantitative estimate of drug-likeness (QED) is 0.594. The Kier molecular flexibility index (Phi) is 7.40. The van der Waals surface area contributed by atoms with Gasteiger partial charge in [-0.25, -0.2) is 8.42 Å². The Hall–Kier alpha value is -1.42. The SMILES string of the molecule is COc1ccc(S(=O)(=O)N2CCCC(CCN)C2)cc1[N+](=O)[O-].Cl. The number of halogens is 1. The summed E-state index contributed by atoms with van der Waals surface area (Å²) in [6.07, 6.45) is 2.49. The average molecular weight is 380 g/mol. The summed E-state index contributed by atoms with van der Waals surface area (Å²) in [7, 11) is -2.46. The monoisotopic (exact) mass is 379 g/mol. The van der Waals surface area contributed by atoms with Crippen molar-refractivity contribution in [2.45, 2.75) is 24.2 Å². The summed E-state index contributed by atoms with van der Waals surface area (Å²) in [5, 5.41) is 11.1. The van der Waals surface area contributed by atoms with Gasteiger partial charge in [0.1, 0.15) is 0 Å². The fourth-order valence-corrected chi connectivity index (χ4v) is 4.41. The van der Waals surface area contributed by atoms with Gasteiger partial charge in [0, 0.05) is 19.2 Å². The predicted molar refractivity (Wildman–Crippen MR) is 92.1 cm³/mol. The Balaban J connectivity index is 0.00000288. The molecule has 24 heavy (non-hydrogen) atoms. The highest BCUT2D eigenvalue weighted by Gasteiger charge is 2.31. The third-order valence-electron chi connectivity index (χ3n) is 4.04. The molecule has 0 saturated carbocycles. The van der Waals surface area contributed by atoms with Gasteiger partial charge in [0.25, 0.3) is 0 Å². The van der Waals surface area contributed by atoms with Crippen LogP contribution in [0.4, 0.5) is 5.69 Å². The van der Waals surface area contributed by atoms with E-state index in [4.69, 9.17) is 10.5 Å². The number of nitro groups is 1. The van der Waals surface area contributed by atoms with Crippen molar-refractivity contribution < 1.29 is 18.1 Å². The Labute approximate surface area is 147 Å². The molecule has 2 rings (SSSR count). The van der Waals surface area contributed by atoms with E-state index >= 15 is 0 Å². The van der Waals surface area contributed by atoms with Crippen molar-refractivity contribution in [3.05, 3.63) is 28.3 Å². The largest absolute Gasteiger partial charge is 0.490 e. The first-order valence-electron chi connectivity index (χ1n) is 7.42. The van der Waals surface area contributed by atoms with Crippen LogP contribution in [0.15, 0.2) is 23.1 Å². The Bertz CT molecular complexity index is 681. The normalized spacial score (nSPS) is 18.7. The van der Waals surface area contributed by atoms with E-state index in [0.29, 0.717) is 19.6 Å². The number of benzene rings is 1. The second-order valence-electron chi connectivity index (χ2n) is 5.54. The lowest BCUT2D eigenvalue weighted by Gasteiger charge is -2.31. The van der Waals surface area contributed by atoms with Crippen LogP contribution in [0.25, 0.3) is 0 Å². The minimum absolute atomic E-state index is 0. The summed E-state index contributed by atoms with van der Waals surface area (Å²) in [6, 6.07) is 3.71. The smallest absolute Gasteiger partial charge is 0.312 e. The van der Waals surface area contributed by atoms with Crippen molar-refractivity contribution in [1.29, 1.82) is 0 Å². The summed E-state index contributed by atoms with van der Waals surface area (Å²) in [5.74, 6) is 0.269.